The molecule has 0 nitrogen and oxygen atoms in total. The molecule has 0 spiro atoms. The quantitative estimate of drug-likeness (QED) is 0.385. The van der Waals surface area contributed by atoms with Crippen molar-refractivity contribution in [3.63, 3.8) is 0 Å². The monoisotopic (exact) mass is 395 g/mol. The molecule has 1 radical (unpaired) electrons. The number of hydrogen-bond acceptors (Lipinski definition) is 0. The molecule has 0 amide bonds. The second kappa shape index (κ2) is 13.1. The molecule has 1 saturated carbocycles. The molecule has 1 aromatic carbocycles. The van der Waals surface area contributed by atoms with Crippen LogP contribution in [0.1, 0.15) is 79.7 Å². The summed E-state index contributed by atoms with van der Waals surface area (Å²) >= 11 is 0. The zero-order chi connectivity index (χ0) is 22.0. The van der Waals surface area contributed by atoms with E-state index in [2.05, 4.69) is 80.5 Å². The molecular weight excluding hydrogens is 348 g/mol. The Kier molecular flexibility index (Phi) is 11.6. The van der Waals surface area contributed by atoms with Gasteiger partial charge in [0, 0.05) is 0 Å². The molecule has 0 aromatic heterocycles. The fraction of sp³-hybridized carbons (Fsp3) is 0.621. The van der Waals surface area contributed by atoms with Crippen molar-refractivity contribution in [1.29, 1.82) is 0 Å². The highest BCUT2D eigenvalue weighted by atomic mass is 14.4. The van der Waals surface area contributed by atoms with Crippen LogP contribution in [0, 0.1) is 49.4 Å². The summed E-state index contributed by atoms with van der Waals surface area (Å²) in [4.78, 5) is 0. The molecule has 163 valence electrons. The van der Waals surface area contributed by atoms with E-state index in [9.17, 15) is 0 Å². The summed E-state index contributed by atoms with van der Waals surface area (Å²) < 4.78 is 0. The molecule has 3 unspecified atom stereocenters. The van der Waals surface area contributed by atoms with Crippen LogP contribution in [0.15, 0.2) is 53.6 Å². The van der Waals surface area contributed by atoms with Crippen LogP contribution in [0.3, 0.4) is 0 Å². The molecule has 0 bridgehead atoms. The van der Waals surface area contributed by atoms with Crippen molar-refractivity contribution in [1.82, 2.24) is 0 Å². The molecule has 1 fully saturated rings. The highest BCUT2D eigenvalue weighted by molar-refractivity contribution is 5.26. The minimum Gasteiger partial charge on any atom is -0.0840 e. The molecule has 29 heavy (non-hydrogen) atoms. The topological polar surface area (TPSA) is 0 Å². The second-order valence-corrected chi connectivity index (χ2v) is 9.82. The normalized spacial score (nSPS) is 23.0. The lowest BCUT2D eigenvalue weighted by Gasteiger charge is -2.42. The van der Waals surface area contributed by atoms with Crippen LogP contribution in [0.2, 0.25) is 0 Å². The van der Waals surface area contributed by atoms with E-state index in [0.29, 0.717) is 0 Å². The van der Waals surface area contributed by atoms with Crippen LogP contribution in [0.5, 0.6) is 0 Å². The van der Waals surface area contributed by atoms with Gasteiger partial charge in [0.2, 0.25) is 0 Å². The number of benzene rings is 1. The Bertz CT molecular complexity index is 613. The summed E-state index contributed by atoms with van der Waals surface area (Å²) in [7, 11) is 0. The van der Waals surface area contributed by atoms with Gasteiger partial charge in [0.1, 0.15) is 0 Å². The first-order chi connectivity index (χ1) is 13.7. The Morgan fingerprint density at radius 2 is 1.66 bits per heavy atom. The average Bonchev–Trinajstić information content (AvgIpc) is 2.65. The Morgan fingerprint density at radius 3 is 2.07 bits per heavy atom. The summed E-state index contributed by atoms with van der Waals surface area (Å²) in [6.07, 6.45) is 9.61. The number of allylic oxidation sites excluding steroid dienone is 4. The van der Waals surface area contributed by atoms with Gasteiger partial charge in [-0.25, -0.2) is 0 Å². The number of aryl methyl sites for hydroxylation is 1. The van der Waals surface area contributed by atoms with E-state index >= 15 is 0 Å². The van der Waals surface area contributed by atoms with E-state index in [1.54, 1.807) is 5.57 Å². The van der Waals surface area contributed by atoms with Crippen molar-refractivity contribution >= 4 is 0 Å². The Morgan fingerprint density at radius 1 is 1.07 bits per heavy atom. The Labute approximate surface area is 182 Å². The van der Waals surface area contributed by atoms with E-state index in [1.807, 2.05) is 24.3 Å². The zero-order valence-electron chi connectivity index (χ0n) is 20.5. The van der Waals surface area contributed by atoms with E-state index in [0.717, 1.165) is 35.5 Å². The number of rotatable bonds is 8. The predicted molar refractivity (Wildman–Crippen MR) is 132 cm³/mol. The van der Waals surface area contributed by atoms with Crippen molar-refractivity contribution in [2.45, 2.75) is 81.1 Å². The molecular formula is C29H47. The molecule has 1 aromatic rings. The third-order valence-corrected chi connectivity index (χ3v) is 7.38. The van der Waals surface area contributed by atoms with E-state index in [4.69, 9.17) is 0 Å². The highest BCUT2D eigenvalue weighted by Crippen LogP contribution is 2.46. The summed E-state index contributed by atoms with van der Waals surface area (Å²) in [6.45, 7) is 22.5. The Hall–Kier alpha value is -1.30. The smallest absolute Gasteiger partial charge is 0.0197 e. The molecule has 0 aliphatic heterocycles. The maximum atomic E-state index is 3.84. The van der Waals surface area contributed by atoms with Gasteiger partial charge in [0.05, 0.1) is 0 Å². The summed E-state index contributed by atoms with van der Waals surface area (Å²) in [5.41, 5.74) is 4.41. The second-order valence-electron chi connectivity index (χ2n) is 9.82. The van der Waals surface area contributed by atoms with Crippen LogP contribution < -0.4 is 0 Å². The van der Waals surface area contributed by atoms with Crippen molar-refractivity contribution in [3.8, 4) is 0 Å². The first kappa shape index (κ1) is 25.7. The van der Waals surface area contributed by atoms with Crippen molar-refractivity contribution in [3.05, 3.63) is 66.1 Å². The first-order valence-corrected chi connectivity index (χ1v) is 11.9. The predicted octanol–water partition coefficient (Wildman–Crippen LogP) is 9.08. The van der Waals surface area contributed by atoms with Crippen molar-refractivity contribution in [2.24, 2.45) is 35.5 Å². The van der Waals surface area contributed by atoms with Gasteiger partial charge in [-0.05, 0) is 82.0 Å². The first-order valence-electron chi connectivity index (χ1n) is 11.9. The fourth-order valence-electron chi connectivity index (χ4n) is 4.85. The van der Waals surface area contributed by atoms with E-state index in [-0.39, 0.29) is 0 Å². The van der Waals surface area contributed by atoms with Crippen molar-refractivity contribution < 1.29 is 0 Å². The van der Waals surface area contributed by atoms with Gasteiger partial charge in [0.15, 0.2) is 0 Å². The van der Waals surface area contributed by atoms with Gasteiger partial charge in [-0.2, -0.15) is 0 Å². The molecule has 3 atom stereocenters. The van der Waals surface area contributed by atoms with Crippen LogP contribution in [0.25, 0.3) is 0 Å². The van der Waals surface area contributed by atoms with Crippen LogP contribution in [-0.4, -0.2) is 0 Å². The van der Waals surface area contributed by atoms with Gasteiger partial charge in [0.25, 0.3) is 0 Å². The van der Waals surface area contributed by atoms with Gasteiger partial charge in [-0.1, -0.05) is 101 Å². The lowest BCUT2D eigenvalue weighted by atomic mass is 9.63. The molecule has 1 aliphatic rings. The lowest BCUT2D eigenvalue weighted by molar-refractivity contribution is 0.107. The number of hydrogen-bond donors (Lipinski definition) is 0. The maximum absolute atomic E-state index is 3.84. The average molecular weight is 396 g/mol. The minimum atomic E-state index is 0.746. The van der Waals surface area contributed by atoms with Gasteiger partial charge < -0.3 is 0 Å². The third-order valence-electron chi connectivity index (χ3n) is 7.38. The lowest BCUT2D eigenvalue weighted by Crippen LogP contribution is -2.32. The van der Waals surface area contributed by atoms with Crippen LogP contribution >= 0.6 is 0 Å². The van der Waals surface area contributed by atoms with Crippen LogP contribution in [0.4, 0.5) is 0 Å². The fourth-order valence-corrected chi connectivity index (χ4v) is 4.85. The van der Waals surface area contributed by atoms with Gasteiger partial charge in [-0.3, -0.25) is 0 Å². The summed E-state index contributed by atoms with van der Waals surface area (Å²) in [6, 6.07) is 10.3. The molecule has 0 saturated heterocycles. The molecule has 0 N–H and O–H groups in total. The van der Waals surface area contributed by atoms with Crippen LogP contribution in [-0.2, 0) is 0 Å². The van der Waals surface area contributed by atoms with Gasteiger partial charge in [-0.15, -0.1) is 0 Å². The standard InChI is InChI=1S/C22H39.C7H8/c1-9-11-16(5)22(10-2)19(8)21-13-20(14-21)12-17(6)18(7)15(3)4;1-7-5-3-2-4-6-7/h9,11,15,17-21H,1,10,12-14H2,2-8H3;2-6H,1H3/b11-9-,22-16-;. The molecule has 2 rings (SSSR count). The third kappa shape index (κ3) is 8.53. The SMILES string of the molecule is Cc1ccccc1.[CH2]/C=C\C(C)=C(\CC)C(C)C1CC(CC(C)C(C)C(C)C)C1. The molecule has 0 heterocycles. The largest absolute Gasteiger partial charge is 0.0840 e. The highest BCUT2D eigenvalue weighted by Gasteiger charge is 2.35. The Balaban J connectivity index is 0.000000502. The van der Waals surface area contributed by atoms with Gasteiger partial charge >= 0.3 is 0 Å². The maximum Gasteiger partial charge on any atom is -0.0197 e. The van der Waals surface area contributed by atoms with Crippen molar-refractivity contribution in [2.75, 3.05) is 0 Å². The van der Waals surface area contributed by atoms with E-state index in [1.165, 1.54) is 36.8 Å². The zero-order valence-corrected chi connectivity index (χ0v) is 20.5. The minimum absolute atomic E-state index is 0.746. The summed E-state index contributed by atoms with van der Waals surface area (Å²) in [5, 5.41) is 0. The molecule has 0 heteroatoms. The summed E-state index contributed by atoms with van der Waals surface area (Å²) in [5.74, 6) is 5.18. The molecule has 1 aliphatic carbocycles. The van der Waals surface area contributed by atoms with E-state index < -0.39 is 0 Å².